The molecule has 0 radical (unpaired) electrons. The van der Waals surface area contributed by atoms with Gasteiger partial charge in [-0.1, -0.05) is 0 Å². The first kappa shape index (κ1) is 28.0. The Kier molecular flexibility index (Phi) is 7.26. The van der Waals surface area contributed by atoms with E-state index in [1.165, 1.54) is 24.4 Å². The molecule has 2 N–H and O–H groups in total. The van der Waals surface area contributed by atoms with Gasteiger partial charge in [0.1, 0.15) is 11.6 Å². The topological polar surface area (TPSA) is 91.8 Å². The molecule has 39 heavy (non-hydrogen) atoms. The van der Waals surface area contributed by atoms with Gasteiger partial charge in [-0.3, -0.25) is 24.0 Å². The van der Waals surface area contributed by atoms with Crippen LogP contribution >= 0.6 is 0 Å². The number of aromatic nitrogens is 1. The molecule has 0 atom stereocenters. The standard InChI is InChI=1S/C27H33F4N3O4S/c1-39(36,37,19-6-7-19)33-26(35)21-13-20(18-4-5-18)25(14-23(21)28)38-16-17-8-11-34(12-9-17)15-24-22(27(29,30)31)3-2-10-32-24/h2-3,10,13-14,17-19H,4-9,11-12,15-16H2,1H3,(H2,33,35,36,37). The molecule has 1 aliphatic heterocycles. The van der Waals surface area contributed by atoms with Crippen molar-refractivity contribution in [3.8, 4) is 5.75 Å². The van der Waals surface area contributed by atoms with Crippen LogP contribution in [0.5, 0.6) is 5.75 Å². The van der Waals surface area contributed by atoms with Crippen molar-refractivity contribution in [2.45, 2.75) is 62.4 Å². The summed E-state index contributed by atoms with van der Waals surface area (Å²) >= 11 is 0. The van der Waals surface area contributed by atoms with Crippen LogP contribution in [0.15, 0.2) is 30.5 Å². The summed E-state index contributed by atoms with van der Waals surface area (Å²) in [4.78, 5) is 18.7. The van der Waals surface area contributed by atoms with E-state index in [1.807, 2.05) is 4.90 Å². The summed E-state index contributed by atoms with van der Waals surface area (Å²) in [7, 11) is -4.38. The van der Waals surface area contributed by atoms with Crippen molar-refractivity contribution >= 4 is 15.4 Å². The Balaban J connectivity index is 1.20. The molecular weight excluding hydrogens is 538 g/mol. The van der Waals surface area contributed by atoms with Gasteiger partial charge < -0.3 is 4.74 Å². The predicted octanol–water partition coefficient (Wildman–Crippen LogP) is 5.14. The lowest BCUT2D eigenvalue weighted by Crippen LogP contribution is -2.52. The van der Waals surface area contributed by atoms with Gasteiger partial charge in [0.05, 0.1) is 28.7 Å². The number of nitrogens with zero attached hydrogens (tertiary/aromatic N) is 2. The number of pyridine rings is 1. The first-order chi connectivity index (χ1) is 18.3. The van der Waals surface area contributed by atoms with Gasteiger partial charge in [-0.15, -0.1) is 9.53 Å². The number of hydrogen-bond donors (Lipinski definition) is 2. The summed E-state index contributed by atoms with van der Waals surface area (Å²) in [5.74, 6) is -1.10. The molecule has 3 aliphatic rings. The largest absolute Gasteiger partial charge is 0.493 e. The van der Waals surface area contributed by atoms with Crippen LogP contribution < -0.4 is 9.46 Å². The summed E-state index contributed by atoms with van der Waals surface area (Å²) in [5, 5.41) is -0.512. The number of likely N-dealkylation sites (tertiary alicyclic amines) is 1. The highest BCUT2D eigenvalue weighted by Crippen LogP contribution is 2.46. The van der Waals surface area contributed by atoms with Crippen molar-refractivity contribution in [3.05, 3.63) is 58.7 Å². The first-order valence-corrected chi connectivity index (χ1v) is 15.6. The molecule has 12 heteroatoms. The van der Waals surface area contributed by atoms with Crippen LogP contribution in [0, 0.1) is 11.7 Å². The second kappa shape index (κ2) is 10.1. The fourth-order valence-corrected chi connectivity index (χ4v) is 7.10. The van der Waals surface area contributed by atoms with Crippen LogP contribution in [0.25, 0.3) is 0 Å². The van der Waals surface area contributed by atoms with Crippen molar-refractivity contribution in [2.75, 3.05) is 26.0 Å². The highest BCUT2D eigenvalue weighted by molar-refractivity contribution is 8.14. The predicted molar refractivity (Wildman–Crippen MR) is 138 cm³/mol. The molecule has 7 nitrogen and oxygen atoms in total. The smallest absolute Gasteiger partial charge is 0.418 e. The van der Waals surface area contributed by atoms with E-state index in [0.29, 0.717) is 56.7 Å². The van der Waals surface area contributed by atoms with Crippen molar-refractivity contribution in [1.82, 2.24) is 14.6 Å². The van der Waals surface area contributed by atoms with Crippen LogP contribution in [0.1, 0.15) is 71.6 Å². The minimum atomic E-state index is -4.45. The molecule has 5 rings (SSSR count). The molecule has 0 bridgehead atoms. The number of hydrogen-bond acceptors (Lipinski definition) is 5. The minimum absolute atomic E-state index is 0.0111. The maximum atomic E-state index is 15.0. The second-order valence-corrected chi connectivity index (χ2v) is 14.7. The number of benzene rings is 1. The lowest BCUT2D eigenvalue weighted by atomic mass is 9.97. The fourth-order valence-electron chi connectivity index (χ4n) is 5.12. The van der Waals surface area contributed by atoms with Gasteiger partial charge in [-0.25, -0.2) is 4.39 Å². The Labute approximate surface area is 224 Å². The summed E-state index contributed by atoms with van der Waals surface area (Å²) in [6, 6.07) is 4.94. The van der Waals surface area contributed by atoms with Crippen molar-refractivity contribution in [1.29, 1.82) is 0 Å². The van der Waals surface area contributed by atoms with E-state index >= 15 is 4.39 Å². The number of rotatable bonds is 9. The number of amides is 1. The van der Waals surface area contributed by atoms with E-state index < -0.39 is 38.2 Å². The van der Waals surface area contributed by atoms with Gasteiger partial charge in [-0.05, 0) is 87.2 Å². The van der Waals surface area contributed by atoms with Crippen LogP contribution in [0.4, 0.5) is 17.6 Å². The number of nitrogens with one attached hydrogen (secondary N) is 1. The van der Waals surface area contributed by atoms with Gasteiger partial charge in [0.25, 0.3) is 5.91 Å². The number of piperidine rings is 1. The molecular formula is C27H33F4N3O4S. The third-order valence-corrected chi connectivity index (χ3v) is 10.5. The molecule has 2 saturated carbocycles. The zero-order chi connectivity index (χ0) is 28.0. The number of halogens is 4. The van der Waals surface area contributed by atoms with Crippen molar-refractivity contribution in [2.24, 2.45) is 5.92 Å². The number of ether oxygens (including phenoxy) is 1. The second-order valence-electron chi connectivity index (χ2n) is 11.2. The molecule has 0 unspecified atom stereocenters. The third-order valence-electron chi connectivity index (χ3n) is 7.76. The monoisotopic (exact) mass is 571 g/mol. The average Bonchev–Trinajstić information content (AvgIpc) is 3.75. The molecule has 2 aromatic rings. The molecule has 2 heterocycles. The number of carbonyl (C=O) groups excluding carboxylic acids is 1. The van der Waals surface area contributed by atoms with Gasteiger partial charge in [0.15, 0.2) is 0 Å². The van der Waals surface area contributed by atoms with E-state index in [1.54, 1.807) is 0 Å². The highest BCUT2D eigenvalue weighted by Gasteiger charge is 2.43. The zero-order valence-electron chi connectivity index (χ0n) is 21.7. The SMILES string of the molecule is CS(=O)(O)(NC(=O)c1cc(C2CC2)c(OCC2CCN(Cc3ncccc3C(F)(F)F)CC2)cc1F)C1CC1. The van der Waals surface area contributed by atoms with Crippen LogP contribution in [0.2, 0.25) is 0 Å². The fraction of sp³-hybridized carbons (Fsp3) is 0.556. The van der Waals surface area contributed by atoms with E-state index in [2.05, 4.69) is 9.71 Å². The third kappa shape index (κ3) is 6.60. The van der Waals surface area contributed by atoms with E-state index in [4.69, 9.17) is 4.74 Å². The maximum absolute atomic E-state index is 15.0. The molecule has 1 saturated heterocycles. The lowest BCUT2D eigenvalue weighted by Gasteiger charge is -2.39. The average molecular weight is 572 g/mol. The highest BCUT2D eigenvalue weighted by atomic mass is 32.3. The molecule has 214 valence electrons. The van der Waals surface area contributed by atoms with Crippen LogP contribution in [-0.4, -0.2) is 55.8 Å². The normalized spacial score (nSPS) is 20.3. The Morgan fingerprint density at radius 1 is 1.18 bits per heavy atom. The van der Waals surface area contributed by atoms with Crippen molar-refractivity contribution in [3.63, 3.8) is 0 Å². The summed E-state index contributed by atoms with van der Waals surface area (Å²) in [6.07, 6.45) is 2.28. The molecule has 2 aliphatic carbocycles. The van der Waals surface area contributed by atoms with E-state index in [9.17, 15) is 26.7 Å². The van der Waals surface area contributed by atoms with Crippen LogP contribution in [-0.2, 0) is 22.3 Å². The lowest BCUT2D eigenvalue weighted by molar-refractivity contribution is -0.138. The Hall–Kier alpha value is -2.57. The number of alkyl halides is 3. The summed E-state index contributed by atoms with van der Waals surface area (Å²) in [6.45, 7) is 1.61. The number of carbonyl (C=O) groups is 1. The Morgan fingerprint density at radius 3 is 2.49 bits per heavy atom. The van der Waals surface area contributed by atoms with Crippen molar-refractivity contribution < 1.29 is 35.9 Å². The summed E-state index contributed by atoms with van der Waals surface area (Å²) in [5.41, 5.74) is -0.277. The molecule has 3 fully saturated rings. The van der Waals surface area contributed by atoms with Gasteiger partial charge in [-0.2, -0.15) is 17.4 Å². The zero-order valence-corrected chi connectivity index (χ0v) is 22.5. The first-order valence-electron chi connectivity index (χ1n) is 13.2. The molecule has 0 spiro atoms. The Bertz CT molecular complexity index is 1310. The molecule has 1 aromatic heterocycles. The van der Waals surface area contributed by atoms with E-state index in [-0.39, 0.29) is 29.6 Å². The van der Waals surface area contributed by atoms with Crippen LogP contribution in [0.3, 0.4) is 0 Å². The molecule has 1 amide bonds. The Morgan fingerprint density at radius 2 is 1.87 bits per heavy atom. The molecule has 1 aromatic carbocycles. The minimum Gasteiger partial charge on any atom is -0.493 e. The maximum Gasteiger partial charge on any atom is 0.418 e. The van der Waals surface area contributed by atoms with E-state index in [0.717, 1.165) is 25.2 Å². The van der Waals surface area contributed by atoms with Gasteiger partial charge in [0.2, 0.25) is 0 Å². The van der Waals surface area contributed by atoms with Gasteiger partial charge >= 0.3 is 6.18 Å². The quantitative estimate of drug-likeness (QED) is 0.405. The van der Waals surface area contributed by atoms with Gasteiger partial charge in [0, 0.05) is 25.1 Å². The summed E-state index contributed by atoms with van der Waals surface area (Å²) < 4.78 is 86.4.